The maximum atomic E-state index is 12.3. The number of hydrogen-bond acceptors (Lipinski definition) is 5. The van der Waals surface area contributed by atoms with E-state index in [0.29, 0.717) is 17.4 Å². The van der Waals surface area contributed by atoms with Gasteiger partial charge in [0.2, 0.25) is 11.9 Å². The van der Waals surface area contributed by atoms with Gasteiger partial charge in [-0.05, 0) is 36.2 Å². The number of rotatable bonds is 6. The normalized spacial score (nSPS) is 15.7. The van der Waals surface area contributed by atoms with Gasteiger partial charge in [-0.15, -0.1) is 0 Å². The van der Waals surface area contributed by atoms with E-state index in [0.717, 1.165) is 12.1 Å². The molecule has 2 amide bonds. The number of ether oxygens (including phenoxy) is 1. The zero-order chi connectivity index (χ0) is 19.2. The van der Waals surface area contributed by atoms with Crippen molar-refractivity contribution >= 4 is 29.1 Å². The number of carbonyl (C=O) groups is 2. The van der Waals surface area contributed by atoms with E-state index in [1.165, 1.54) is 12.7 Å². The summed E-state index contributed by atoms with van der Waals surface area (Å²) in [6.07, 6.45) is 0.908. The summed E-state index contributed by atoms with van der Waals surface area (Å²) in [5.74, 6) is 0.289. The lowest BCUT2D eigenvalue weighted by molar-refractivity contribution is -0.123. The van der Waals surface area contributed by atoms with Crippen molar-refractivity contribution in [2.24, 2.45) is 4.99 Å². The molecule has 7 heteroatoms. The minimum Gasteiger partial charge on any atom is -0.495 e. The van der Waals surface area contributed by atoms with Gasteiger partial charge in [0.25, 0.3) is 5.91 Å². The Bertz CT molecular complexity index is 862. The molecule has 1 aliphatic rings. The van der Waals surface area contributed by atoms with Gasteiger partial charge >= 0.3 is 0 Å². The Hall–Kier alpha value is -3.35. The predicted molar refractivity (Wildman–Crippen MR) is 105 cm³/mol. The largest absolute Gasteiger partial charge is 0.495 e. The van der Waals surface area contributed by atoms with Crippen LogP contribution in [-0.2, 0) is 16.0 Å². The number of carbonyl (C=O) groups excluding carboxylic acids is 2. The molecule has 1 heterocycles. The molecule has 27 heavy (non-hydrogen) atoms. The number of methoxy groups -OCH3 is 1. The SMILES string of the molecule is CCc1ccc(NC2=NC(CC(=O)Nc3ccccc3OC)C(=O)N2)cc1. The number of amides is 2. The molecule has 0 spiro atoms. The Kier molecular flexibility index (Phi) is 5.71. The van der Waals surface area contributed by atoms with Crippen LogP contribution in [0.3, 0.4) is 0 Å². The summed E-state index contributed by atoms with van der Waals surface area (Å²) in [6, 6.07) is 14.2. The van der Waals surface area contributed by atoms with E-state index >= 15 is 0 Å². The predicted octanol–water partition coefficient (Wildman–Crippen LogP) is 2.55. The van der Waals surface area contributed by atoms with Gasteiger partial charge in [0, 0.05) is 5.69 Å². The first kappa shape index (κ1) is 18.4. The lowest BCUT2D eigenvalue weighted by Gasteiger charge is -2.10. The molecule has 0 radical (unpaired) electrons. The molecule has 7 nitrogen and oxygen atoms in total. The molecule has 3 N–H and O–H groups in total. The van der Waals surface area contributed by atoms with E-state index < -0.39 is 6.04 Å². The van der Waals surface area contributed by atoms with Gasteiger partial charge in [0.05, 0.1) is 19.2 Å². The molecule has 1 atom stereocenters. The highest BCUT2D eigenvalue weighted by atomic mass is 16.5. The maximum Gasteiger partial charge on any atom is 0.252 e. The van der Waals surface area contributed by atoms with Crippen LogP contribution in [0.15, 0.2) is 53.5 Å². The summed E-state index contributed by atoms with van der Waals surface area (Å²) in [4.78, 5) is 28.7. The molecule has 0 fully saturated rings. The van der Waals surface area contributed by atoms with Crippen LogP contribution in [0, 0.1) is 0 Å². The Morgan fingerprint density at radius 3 is 2.63 bits per heavy atom. The number of aliphatic imine (C=N–C) groups is 1. The second-order valence-electron chi connectivity index (χ2n) is 6.11. The highest BCUT2D eigenvalue weighted by Crippen LogP contribution is 2.23. The van der Waals surface area contributed by atoms with Crippen molar-refractivity contribution in [1.82, 2.24) is 5.32 Å². The number of nitrogens with one attached hydrogen (secondary N) is 3. The van der Waals surface area contributed by atoms with Gasteiger partial charge in [-0.25, -0.2) is 4.99 Å². The van der Waals surface area contributed by atoms with Gasteiger partial charge in [-0.3, -0.25) is 14.9 Å². The molecule has 3 rings (SSSR count). The van der Waals surface area contributed by atoms with E-state index in [2.05, 4.69) is 27.9 Å². The number of anilines is 2. The molecule has 0 aliphatic carbocycles. The third kappa shape index (κ3) is 4.63. The number of hydrogen-bond donors (Lipinski definition) is 3. The number of nitrogens with zero attached hydrogens (tertiary/aromatic N) is 1. The van der Waals surface area contributed by atoms with Crippen LogP contribution in [0.2, 0.25) is 0 Å². The van der Waals surface area contributed by atoms with Gasteiger partial charge in [0.1, 0.15) is 11.8 Å². The summed E-state index contributed by atoms with van der Waals surface area (Å²) in [6.45, 7) is 2.09. The quantitative estimate of drug-likeness (QED) is 0.733. The fourth-order valence-corrected chi connectivity index (χ4v) is 2.73. The van der Waals surface area contributed by atoms with Crippen molar-refractivity contribution in [3.63, 3.8) is 0 Å². The van der Waals surface area contributed by atoms with Gasteiger partial charge in [-0.1, -0.05) is 31.2 Å². The maximum absolute atomic E-state index is 12.3. The van der Waals surface area contributed by atoms with Crippen molar-refractivity contribution in [3.05, 3.63) is 54.1 Å². The van der Waals surface area contributed by atoms with Crippen molar-refractivity contribution in [2.75, 3.05) is 17.7 Å². The van der Waals surface area contributed by atoms with Gasteiger partial charge in [-0.2, -0.15) is 0 Å². The van der Waals surface area contributed by atoms with Crippen LogP contribution in [0.1, 0.15) is 18.9 Å². The minimum absolute atomic E-state index is 0.0518. The van der Waals surface area contributed by atoms with Crippen LogP contribution in [0.4, 0.5) is 11.4 Å². The second-order valence-corrected chi connectivity index (χ2v) is 6.11. The lowest BCUT2D eigenvalue weighted by Crippen LogP contribution is -2.33. The Morgan fingerprint density at radius 2 is 1.93 bits per heavy atom. The van der Waals surface area contributed by atoms with E-state index in [4.69, 9.17) is 4.74 Å². The van der Waals surface area contributed by atoms with Crippen LogP contribution < -0.4 is 20.7 Å². The average molecular weight is 366 g/mol. The second kappa shape index (κ2) is 8.35. The molecular weight excluding hydrogens is 344 g/mol. The van der Waals surface area contributed by atoms with Gasteiger partial charge < -0.3 is 15.4 Å². The first-order chi connectivity index (χ1) is 13.1. The Labute approximate surface area is 157 Å². The van der Waals surface area contributed by atoms with E-state index in [1.807, 2.05) is 30.3 Å². The van der Waals surface area contributed by atoms with Crippen molar-refractivity contribution in [1.29, 1.82) is 0 Å². The molecule has 0 saturated carbocycles. The molecule has 1 unspecified atom stereocenters. The fourth-order valence-electron chi connectivity index (χ4n) is 2.73. The fraction of sp³-hybridized carbons (Fsp3) is 0.250. The molecule has 0 aromatic heterocycles. The first-order valence-electron chi connectivity index (χ1n) is 8.76. The van der Waals surface area contributed by atoms with Crippen molar-refractivity contribution in [2.45, 2.75) is 25.8 Å². The van der Waals surface area contributed by atoms with Crippen LogP contribution >= 0.6 is 0 Å². The minimum atomic E-state index is -0.767. The molecule has 2 aromatic carbocycles. The van der Waals surface area contributed by atoms with Crippen molar-refractivity contribution in [3.8, 4) is 5.75 Å². The van der Waals surface area contributed by atoms with Gasteiger partial charge in [0.15, 0.2) is 0 Å². The number of guanidine groups is 1. The Morgan fingerprint density at radius 1 is 1.19 bits per heavy atom. The molecule has 140 valence electrons. The molecule has 0 bridgehead atoms. The summed E-state index contributed by atoms with van der Waals surface area (Å²) in [5, 5.41) is 8.48. The van der Waals surface area contributed by atoms with E-state index in [1.54, 1.807) is 18.2 Å². The summed E-state index contributed by atoms with van der Waals surface area (Å²) in [7, 11) is 1.53. The Balaban J connectivity index is 1.61. The van der Waals surface area contributed by atoms with E-state index in [-0.39, 0.29) is 18.2 Å². The summed E-state index contributed by atoms with van der Waals surface area (Å²) < 4.78 is 5.21. The number of benzene rings is 2. The molecule has 2 aromatic rings. The van der Waals surface area contributed by atoms with E-state index in [9.17, 15) is 9.59 Å². The highest BCUT2D eigenvalue weighted by molar-refractivity contribution is 6.11. The first-order valence-corrected chi connectivity index (χ1v) is 8.76. The van der Waals surface area contributed by atoms with Crippen LogP contribution in [-0.4, -0.2) is 30.9 Å². The summed E-state index contributed by atoms with van der Waals surface area (Å²) >= 11 is 0. The topological polar surface area (TPSA) is 91.8 Å². The smallest absolute Gasteiger partial charge is 0.252 e. The molecule has 1 aliphatic heterocycles. The van der Waals surface area contributed by atoms with Crippen LogP contribution in [0.25, 0.3) is 0 Å². The zero-order valence-electron chi connectivity index (χ0n) is 15.3. The summed E-state index contributed by atoms with van der Waals surface area (Å²) in [5.41, 5.74) is 2.61. The number of aryl methyl sites for hydroxylation is 1. The zero-order valence-corrected chi connectivity index (χ0v) is 15.3. The van der Waals surface area contributed by atoms with Crippen molar-refractivity contribution < 1.29 is 14.3 Å². The third-order valence-electron chi connectivity index (χ3n) is 4.21. The standard InChI is InChI=1S/C20H22N4O3/c1-3-13-8-10-14(11-9-13)21-20-23-16(19(26)24-20)12-18(25)22-15-6-4-5-7-17(15)27-2/h4-11,16H,3,12H2,1-2H3,(H,22,25)(H2,21,23,24,26). The number of para-hydroxylation sites is 2. The van der Waals surface area contributed by atoms with Crippen LogP contribution in [0.5, 0.6) is 5.75 Å². The highest BCUT2D eigenvalue weighted by Gasteiger charge is 2.28. The molecule has 0 saturated heterocycles. The molecular formula is C20H22N4O3. The average Bonchev–Trinajstić information content (AvgIpc) is 3.01. The third-order valence-corrected chi connectivity index (χ3v) is 4.21. The lowest BCUT2D eigenvalue weighted by atomic mass is 10.1. The monoisotopic (exact) mass is 366 g/mol.